The summed E-state index contributed by atoms with van der Waals surface area (Å²) in [5, 5.41) is 0. The summed E-state index contributed by atoms with van der Waals surface area (Å²) in [4.78, 5) is 24.8. The van der Waals surface area contributed by atoms with E-state index in [1.807, 2.05) is 0 Å². The largest absolute Gasteiger partial charge is 0.465 e. The van der Waals surface area contributed by atoms with Crippen LogP contribution >= 0.6 is 0 Å². The summed E-state index contributed by atoms with van der Waals surface area (Å²) >= 11 is 0. The number of rotatable bonds is 3. The van der Waals surface area contributed by atoms with E-state index >= 15 is 0 Å². The molecule has 4 rings (SSSR count). The second-order valence-electron chi connectivity index (χ2n) is 7.01. The highest BCUT2D eigenvalue weighted by Gasteiger charge is 2.29. The maximum atomic E-state index is 14.0. The molecule has 0 saturated heterocycles. The lowest BCUT2D eigenvalue weighted by Gasteiger charge is -2.16. The van der Waals surface area contributed by atoms with Gasteiger partial charge in [-0.2, -0.15) is 0 Å². The Morgan fingerprint density at radius 1 is 1.21 bits per heavy atom. The molecule has 1 aliphatic rings. The van der Waals surface area contributed by atoms with Crippen LogP contribution in [0, 0.1) is 18.6 Å². The number of aryl methyl sites for hydroxylation is 1. The number of methoxy groups -OCH3 is 1. The zero-order valence-electron chi connectivity index (χ0n) is 15.4. The number of aromatic nitrogens is 1. The Balaban J connectivity index is 2.03. The third-order valence-electron chi connectivity index (χ3n) is 5.23. The predicted octanol–water partition coefficient (Wildman–Crippen LogP) is 3.80. The molecule has 7 heteroatoms. The van der Waals surface area contributed by atoms with E-state index in [0.29, 0.717) is 22.2 Å². The number of halogens is 2. The zero-order valence-corrected chi connectivity index (χ0v) is 15.4. The van der Waals surface area contributed by atoms with Crippen molar-refractivity contribution in [3.05, 3.63) is 69.1 Å². The van der Waals surface area contributed by atoms with Crippen molar-refractivity contribution < 1.29 is 18.3 Å². The van der Waals surface area contributed by atoms with Gasteiger partial charge in [-0.05, 0) is 72.2 Å². The van der Waals surface area contributed by atoms with Gasteiger partial charge in [0.2, 0.25) is 0 Å². The van der Waals surface area contributed by atoms with Gasteiger partial charge in [0.1, 0.15) is 22.9 Å². The lowest BCUT2D eigenvalue weighted by atomic mass is 9.96. The molecule has 5 nitrogen and oxygen atoms in total. The molecule has 1 aliphatic carbocycles. The maximum absolute atomic E-state index is 14.0. The first-order valence-corrected chi connectivity index (χ1v) is 8.85. The number of pyridine rings is 2. The Morgan fingerprint density at radius 3 is 2.43 bits per heavy atom. The first-order chi connectivity index (χ1) is 13.3. The third-order valence-corrected chi connectivity index (χ3v) is 5.23. The van der Waals surface area contributed by atoms with Crippen LogP contribution in [0.2, 0.25) is 0 Å². The van der Waals surface area contributed by atoms with Crippen molar-refractivity contribution in [1.82, 2.24) is 4.40 Å². The molecule has 144 valence electrons. The van der Waals surface area contributed by atoms with Gasteiger partial charge in [-0.25, -0.2) is 13.6 Å². The second-order valence-corrected chi connectivity index (χ2v) is 7.01. The number of nitrogens with two attached hydrogens (primary N) is 1. The minimum absolute atomic E-state index is 0.0291. The molecule has 0 spiro atoms. The van der Waals surface area contributed by atoms with Gasteiger partial charge in [0.25, 0.3) is 5.56 Å². The first kappa shape index (κ1) is 18.2. The number of carbonyl (C=O) groups is 1. The van der Waals surface area contributed by atoms with E-state index in [9.17, 15) is 18.4 Å². The Bertz CT molecular complexity index is 1170. The number of hydrogen-bond acceptors (Lipinski definition) is 4. The summed E-state index contributed by atoms with van der Waals surface area (Å²) in [6.45, 7) is 1.79. The Hall–Kier alpha value is -3.22. The fraction of sp³-hybridized carbons (Fsp3) is 0.238. The van der Waals surface area contributed by atoms with E-state index in [2.05, 4.69) is 0 Å². The molecule has 2 aromatic heterocycles. The van der Waals surface area contributed by atoms with Crippen LogP contribution in [0.15, 0.2) is 35.3 Å². The number of fused-ring (bicyclic) bond motifs is 1. The number of carbonyl (C=O) groups excluding carboxylic acids is 1. The smallest absolute Gasteiger partial charge is 0.343 e. The van der Waals surface area contributed by atoms with E-state index in [0.717, 1.165) is 18.4 Å². The number of anilines is 1. The van der Waals surface area contributed by atoms with E-state index in [1.165, 1.54) is 29.8 Å². The van der Waals surface area contributed by atoms with Crippen molar-refractivity contribution >= 4 is 17.2 Å². The normalized spacial score (nSPS) is 13.7. The summed E-state index contributed by atoms with van der Waals surface area (Å²) in [5.41, 5.74) is 7.44. The fourth-order valence-corrected chi connectivity index (χ4v) is 3.61. The zero-order chi connectivity index (χ0) is 20.2. The number of esters is 1. The van der Waals surface area contributed by atoms with Crippen LogP contribution in [0.4, 0.5) is 14.5 Å². The third kappa shape index (κ3) is 2.74. The average Bonchev–Trinajstić information content (AvgIpc) is 3.51. The van der Waals surface area contributed by atoms with Gasteiger partial charge >= 0.3 is 5.97 Å². The van der Waals surface area contributed by atoms with E-state index in [-0.39, 0.29) is 11.5 Å². The Morgan fingerprint density at radius 2 is 1.86 bits per heavy atom. The monoisotopic (exact) mass is 384 g/mol. The van der Waals surface area contributed by atoms with Crippen LogP contribution < -0.4 is 11.3 Å². The maximum Gasteiger partial charge on any atom is 0.343 e. The first-order valence-electron chi connectivity index (χ1n) is 8.85. The van der Waals surface area contributed by atoms with Crippen molar-refractivity contribution in [2.45, 2.75) is 25.7 Å². The topological polar surface area (TPSA) is 73.8 Å². The molecule has 0 unspecified atom stereocenters. The molecule has 28 heavy (non-hydrogen) atoms. The summed E-state index contributed by atoms with van der Waals surface area (Å²) in [5.74, 6) is -2.14. The van der Waals surface area contributed by atoms with E-state index in [4.69, 9.17) is 10.5 Å². The van der Waals surface area contributed by atoms with E-state index < -0.39 is 28.9 Å². The SMILES string of the molecule is COC(=O)c1cc(C2CC2)c2c(C)c(-c3cc(F)c(N)c(F)c3)ccn2c1=O. The second kappa shape index (κ2) is 6.44. The molecule has 2 heterocycles. The molecular formula is C21H18F2N2O3. The number of ether oxygens (including phenoxy) is 1. The Kier molecular flexibility index (Phi) is 4.18. The van der Waals surface area contributed by atoms with Gasteiger partial charge in [-0.3, -0.25) is 9.20 Å². The molecular weight excluding hydrogens is 366 g/mol. The molecule has 0 bridgehead atoms. The molecule has 1 aromatic carbocycles. The summed E-state index contributed by atoms with van der Waals surface area (Å²) in [6, 6.07) is 5.54. The van der Waals surface area contributed by atoms with Crippen LogP contribution in [-0.2, 0) is 4.74 Å². The summed E-state index contributed by atoms with van der Waals surface area (Å²) in [6.07, 6.45) is 3.41. The lowest BCUT2D eigenvalue weighted by molar-refractivity contribution is 0.0598. The lowest BCUT2D eigenvalue weighted by Crippen LogP contribution is -2.24. The highest BCUT2D eigenvalue weighted by Crippen LogP contribution is 2.43. The summed E-state index contributed by atoms with van der Waals surface area (Å²) in [7, 11) is 1.23. The van der Waals surface area contributed by atoms with Crippen LogP contribution in [0.25, 0.3) is 16.6 Å². The number of hydrogen-bond donors (Lipinski definition) is 1. The molecule has 3 aromatic rings. The van der Waals surface area contributed by atoms with Crippen LogP contribution in [0.1, 0.15) is 40.2 Å². The molecule has 0 atom stereocenters. The quantitative estimate of drug-likeness (QED) is 0.551. The number of nitrogen functional groups attached to an aromatic ring is 1. The van der Waals surface area contributed by atoms with Gasteiger partial charge in [0.05, 0.1) is 12.6 Å². The van der Waals surface area contributed by atoms with E-state index in [1.54, 1.807) is 19.1 Å². The molecule has 2 N–H and O–H groups in total. The highest BCUT2D eigenvalue weighted by molar-refractivity contribution is 5.90. The van der Waals surface area contributed by atoms with Crippen molar-refractivity contribution in [3.63, 3.8) is 0 Å². The molecule has 0 radical (unpaired) electrons. The number of nitrogens with zero attached hydrogens (tertiary/aromatic N) is 1. The van der Waals surface area contributed by atoms with Gasteiger partial charge in [0, 0.05) is 6.20 Å². The van der Waals surface area contributed by atoms with Gasteiger partial charge in [-0.1, -0.05) is 0 Å². The van der Waals surface area contributed by atoms with Crippen LogP contribution in [0.5, 0.6) is 0 Å². The van der Waals surface area contributed by atoms with Crippen molar-refractivity contribution in [1.29, 1.82) is 0 Å². The minimum Gasteiger partial charge on any atom is -0.465 e. The van der Waals surface area contributed by atoms with Gasteiger partial charge in [0.15, 0.2) is 0 Å². The molecule has 1 saturated carbocycles. The molecule has 0 amide bonds. The predicted molar refractivity (Wildman–Crippen MR) is 101 cm³/mol. The standard InChI is InChI=1S/C21H18F2N2O3/c1-10-13(12-7-16(22)18(24)17(23)8-12)5-6-25-19(10)14(11-3-4-11)9-15(20(25)26)21(27)28-2/h5-9,11H,3-4,24H2,1-2H3. The highest BCUT2D eigenvalue weighted by atomic mass is 19.1. The van der Waals surface area contributed by atoms with Gasteiger partial charge < -0.3 is 10.5 Å². The Labute approximate surface area is 159 Å². The summed E-state index contributed by atoms with van der Waals surface area (Å²) < 4.78 is 34.1. The van der Waals surface area contributed by atoms with Crippen LogP contribution in [0.3, 0.4) is 0 Å². The van der Waals surface area contributed by atoms with Gasteiger partial charge in [-0.15, -0.1) is 0 Å². The van der Waals surface area contributed by atoms with Crippen molar-refractivity contribution in [2.75, 3.05) is 12.8 Å². The average molecular weight is 384 g/mol. The van der Waals surface area contributed by atoms with Crippen molar-refractivity contribution in [2.24, 2.45) is 0 Å². The fourth-order valence-electron chi connectivity index (χ4n) is 3.61. The molecule has 1 fully saturated rings. The number of benzene rings is 1. The minimum atomic E-state index is -0.838. The molecule has 0 aliphatic heterocycles. The van der Waals surface area contributed by atoms with Crippen molar-refractivity contribution in [3.8, 4) is 11.1 Å². The van der Waals surface area contributed by atoms with Crippen LogP contribution in [-0.4, -0.2) is 17.5 Å².